The lowest BCUT2D eigenvalue weighted by molar-refractivity contribution is -0.118. The Morgan fingerprint density at radius 3 is 2.06 bits per heavy atom. The van der Waals surface area contributed by atoms with Gasteiger partial charge in [0.1, 0.15) is 17.2 Å². The number of carbonyl (C=O) groups is 1. The molecule has 13 heteroatoms. The minimum absolute atomic E-state index is 0.0236. The van der Waals surface area contributed by atoms with Gasteiger partial charge in [-0.05, 0) is 96.0 Å². The summed E-state index contributed by atoms with van der Waals surface area (Å²) in [4.78, 5) is 26.7. The van der Waals surface area contributed by atoms with Crippen molar-refractivity contribution in [2.24, 2.45) is 10.2 Å². The smallest absolute Gasteiger partial charge is 0.301 e. The summed E-state index contributed by atoms with van der Waals surface area (Å²) in [7, 11) is 1.57. The summed E-state index contributed by atoms with van der Waals surface area (Å²) in [6, 6.07) is 23.1. The van der Waals surface area contributed by atoms with E-state index in [0.29, 0.717) is 33.6 Å². The number of carbonyl (C=O) groups excluding carboxylic acids is 1. The Labute approximate surface area is 324 Å². The first-order chi connectivity index (χ1) is 25.1. The Morgan fingerprint density at radius 1 is 0.830 bits per heavy atom. The van der Waals surface area contributed by atoms with E-state index in [4.69, 9.17) is 44.3 Å². The summed E-state index contributed by atoms with van der Waals surface area (Å²) in [6.45, 7) is 13.0. The molecule has 0 aliphatic carbocycles. The maximum atomic E-state index is 13.7. The highest BCUT2D eigenvalue weighted by atomic mass is 35.5. The van der Waals surface area contributed by atoms with Gasteiger partial charge in [-0.1, -0.05) is 88.5 Å². The van der Waals surface area contributed by atoms with Gasteiger partial charge in [-0.15, -0.1) is 5.11 Å². The number of amides is 1. The van der Waals surface area contributed by atoms with Crippen molar-refractivity contribution in [1.82, 2.24) is 9.78 Å². The van der Waals surface area contributed by atoms with E-state index in [9.17, 15) is 9.59 Å². The van der Waals surface area contributed by atoms with Gasteiger partial charge in [-0.25, -0.2) is 4.68 Å². The Hall–Kier alpha value is -4.77. The molecule has 5 aromatic rings. The molecule has 1 amide bonds. The fourth-order valence-electron chi connectivity index (χ4n) is 5.39. The number of anilines is 3. The number of H-pyrrole nitrogens is 1. The molecule has 0 saturated carbocycles. The van der Waals surface area contributed by atoms with Gasteiger partial charge in [0.15, 0.2) is 18.1 Å². The number of rotatable bonds is 14. The van der Waals surface area contributed by atoms with Crippen LogP contribution >= 0.6 is 34.8 Å². The van der Waals surface area contributed by atoms with Crippen LogP contribution < -0.4 is 25.7 Å². The second kappa shape index (κ2) is 16.5. The Morgan fingerprint density at radius 2 is 1.45 bits per heavy atom. The molecule has 0 aliphatic heterocycles. The molecule has 0 spiro atoms. The zero-order valence-corrected chi connectivity index (χ0v) is 33.0. The van der Waals surface area contributed by atoms with Crippen molar-refractivity contribution in [2.75, 3.05) is 24.4 Å². The number of benzene rings is 4. The van der Waals surface area contributed by atoms with Crippen molar-refractivity contribution in [1.29, 1.82) is 0 Å². The van der Waals surface area contributed by atoms with Crippen LogP contribution in [0.1, 0.15) is 65.5 Å². The fraction of sp³-hybridized carbons (Fsp3) is 0.300. The third-order valence-electron chi connectivity index (χ3n) is 9.46. The molecule has 0 unspecified atom stereocenters. The first-order valence-electron chi connectivity index (χ1n) is 17.2. The molecule has 4 aromatic carbocycles. The number of hydrogen-bond donors (Lipinski definition) is 3. The van der Waals surface area contributed by atoms with Crippen molar-refractivity contribution < 1.29 is 14.3 Å². The third kappa shape index (κ3) is 9.25. The van der Waals surface area contributed by atoms with Crippen molar-refractivity contribution in [3.05, 3.63) is 115 Å². The van der Waals surface area contributed by atoms with E-state index in [2.05, 4.69) is 79.6 Å². The maximum absolute atomic E-state index is 13.7. The number of aromatic nitrogens is 2. The van der Waals surface area contributed by atoms with Crippen LogP contribution in [0.25, 0.3) is 5.69 Å². The van der Waals surface area contributed by atoms with Crippen LogP contribution in [-0.4, -0.2) is 29.4 Å². The summed E-state index contributed by atoms with van der Waals surface area (Å²) in [6.07, 6.45) is 1.92. The number of nitrogens with one attached hydrogen (secondary N) is 3. The fourth-order valence-corrected chi connectivity index (χ4v) is 6.38. The molecule has 53 heavy (non-hydrogen) atoms. The molecule has 5 rings (SSSR count). The van der Waals surface area contributed by atoms with Crippen LogP contribution in [-0.2, 0) is 15.6 Å². The second-order valence-corrected chi connectivity index (χ2v) is 15.1. The molecule has 1 aromatic heterocycles. The highest BCUT2D eigenvalue weighted by molar-refractivity contribution is 6.40. The lowest BCUT2D eigenvalue weighted by Gasteiger charge is -2.30. The first-order valence-corrected chi connectivity index (χ1v) is 18.3. The number of azo groups is 1. The standard InChI is InChI=1S/C40H43Cl3N6O4/c1-8-39(3,4)24-10-19-33(30(20-24)40(5,6)9-2)53-23-34(50)44-26-11-13-27(14-12-26)45-37-35(47-46-28-15-17-29(52-7)18-16-28)38(51)49(48-37)36-31(42)21-25(41)22-32(36)43/h10-22,45,48H,8-9,23H2,1-7H3,(H,44,50). The molecule has 0 aliphatic rings. The first kappa shape index (κ1) is 39.4. The van der Waals surface area contributed by atoms with Gasteiger partial charge in [-0.3, -0.25) is 14.7 Å². The minimum Gasteiger partial charge on any atom is -0.497 e. The van der Waals surface area contributed by atoms with Gasteiger partial charge >= 0.3 is 5.56 Å². The molecule has 3 N–H and O–H groups in total. The lowest BCUT2D eigenvalue weighted by atomic mass is 9.76. The van der Waals surface area contributed by atoms with E-state index in [1.54, 1.807) is 55.6 Å². The van der Waals surface area contributed by atoms with Crippen molar-refractivity contribution in [3.63, 3.8) is 0 Å². The van der Waals surface area contributed by atoms with Crippen molar-refractivity contribution in [2.45, 2.75) is 65.2 Å². The zero-order valence-electron chi connectivity index (χ0n) is 30.7. The normalized spacial score (nSPS) is 11.9. The second-order valence-electron chi connectivity index (χ2n) is 13.8. The zero-order chi connectivity index (χ0) is 38.5. The van der Waals surface area contributed by atoms with Gasteiger partial charge in [0.2, 0.25) is 0 Å². The Kier molecular flexibility index (Phi) is 12.3. The van der Waals surface area contributed by atoms with Crippen LogP contribution in [0.5, 0.6) is 11.5 Å². The average molecular weight is 778 g/mol. The predicted molar refractivity (Wildman–Crippen MR) is 216 cm³/mol. The Balaban J connectivity index is 1.35. The number of nitrogens with zero attached hydrogens (tertiary/aromatic N) is 3. The monoisotopic (exact) mass is 776 g/mol. The van der Waals surface area contributed by atoms with E-state index in [1.807, 2.05) is 6.07 Å². The topological polar surface area (TPSA) is 122 Å². The SMILES string of the molecule is CCC(C)(C)c1ccc(OCC(=O)Nc2ccc(Nc3[nH]n(-c4c(Cl)cc(Cl)cc4Cl)c(=O)c3N=Nc3ccc(OC)cc3)cc2)c(C(C)(C)CC)c1. The van der Waals surface area contributed by atoms with Crippen LogP contribution in [0.2, 0.25) is 15.1 Å². The minimum atomic E-state index is -0.561. The summed E-state index contributed by atoms with van der Waals surface area (Å²) >= 11 is 19.0. The van der Waals surface area contributed by atoms with E-state index < -0.39 is 5.56 Å². The summed E-state index contributed by atoms with van der Waals surface area (Å²) < 4.78 is 12.5. The number of aromatic amines is 1. The summed E-state index contributed by atoms with van der Waals surface area (Å²) in [5.74, 6) is 1.27. The van der Waals surface area contributed by atoms with Crippen LogP contribution in [0.4, 0.5) is 28.6 Å². The largest absolute Gasteiger partial charge is 0.497 e. The molecule has 10 nitrogen and oxygen atoms in total. The molecular formula is C40H43Cl3N6O4. The van der Waals surface area contributed by atoms with Gasteiger partial charge in [0.05, 0.1) is 22.8 Å². The van der Waals surface area contributed by atoms with Crippen molar-refractivity contribution in [3.8, 4) is 17.2 Å². The summed E-state index contributed by atoms with van der Waals surface area (Å²) in [5, 5.41) is 18.2. The van der Waals surface area contributed by atoms with Gasteiger partial charge < -0.3 is 20.1 Å². The molecular weight excluding hydrogens is 735 g/mol. The molecule has 0 atom stereocenters. The van der Waals surface area contributed by atoms with E-state index in [1.165, 1.54) is 22.4 Å². The van der Waals surface area contributed by atoms with E-state index >= 15 is 0 Å². The van der Waals surface area contributed by atoms with E-state index in [0.717, 1.165) is 18.4 Å². The highest BCUT2D eigenvalue weighted by Gasteiger charge is 2.27. The number of ether oxygens (including phenoxy) is 2. The van der Waals surface area contributed by atoms with Crippen molar-refractivity contribution >= 4 is 69.3 Å². The number of hydrogen-bond acceptors (Lipinski definition) is 7. The maximum Gasteiger partial charge on any atom is 0.301 e. The predicted octanol–water partition coefficient (Wildman–Crippen LogP) is 11.7. The summed E-state index contributed by atoms with van der Waals surface area (Å²) in [5.41, 5.74) is 3.46. The molecule has 0 fully saturated rings. The molecule has 0 bridgehead atoms. The molecule has 1 heterocycles. The highest BCUT2D eigenvalue weighted by Crippen LogP contribution is 2.39. The van der Waals surface area contributed by atoms with Gasteiger partial charge in [0.25, 0.3) is 5.91 Å². The lowest BCUT2D eigenvalue weighted by Crippen LogP contribution is -2.24. The van der Waals surface area contributed by atoms with Crippen LogP contribution in [0.15, 0.2) is 93.9 Å². The van der Waals surface area contributed by atoms with E-state index in [-0.39, 0.29) is 50.6 Å². The van der Waals surface area contributed by atoms with Gasteiger partial charge in [-0.2, -0.15) is 5.11 Å². The Bertz CT molecular complexity index is 2150. The molecule has 0 saturated heterocycles. The quantitative estimate of drug-likeness (QED) is 0.0969. The number of methoxy groups -OCH3 is 1. The molecule has 0 radical (unpaired) electrons. The average Bonchev–Trinajstić information content (AvgIpc) is 3.43. The third-order valence-corrected chi connectivity index (χ3v) is 10.3. The van der Waals surface area contributed by atoms with Crippen LogP contribution in [0, 0.1) is 0 Å². The molecule has 278 valence electrons. The van der Waals surface area contributed by atoms with Crippen LogP contribution in [0.3, 0.4) is 0 Å². The number of halogens is 3. The van der Waals surface area contributed by atoms with Gasteiger partial charge in [0, 0.05) is 22.0 Å².